The van der Waals surface area contributed by atoms with E-state index >= 15 is 0 Å². The van der Waals surface area contributed by atoms with Crippen LogP contribution < -0.4 is 4.72 Å². The Hall–Kier alpha value is -1.26. The summed E-state index contributed by atoms with van der Waals surface area (Å²) in [7, 11) is -7.25. The van der Waals surface area contributed by atoms with Gasteiger partial charge in [-0.3, -0.25) is 0 Å². The minimum Gasteiger partial charge on any atom is -0.211 e. The Morgan fingerprint density at radius 1 is 0.960 bits per heavy atom. The molecule has 1 aromatic carbocycles. The van der Waals surface area contributed by atoms with Gasteiger partial charge in [-0.15, -0.1) is 11.3 Å². The fourth-order valence-electron chi connectivity index (χ4n) is 2.35. The third-order valence-electron chi connectivity index (χ3n) is 3.72. The molecule has 1 N–H and O–H groups in total. The van der Waals surface area contributed by atoms with Crippen LogP contribution in [-0.4, -0.2) is 40.8 Å². The van der Waals surface area contributed by atoms with Crippen molar-refractivity contribution in [2.24, 2.45) is 0 Å². The number of nitrogens with one attached hydrogen (secondary N) is 1. The van der Waals surface area contributed by atoms with Crippen molar-refractivity contribution >= 4 is 31.4 Å². The molecule has 2 rings (SSSR count). The van der Waals surface area contributed by atoms with Crippen molar-refractivity contribution in [3.8, 4) is 0 Å². The number of benzene rings is 1. The van der Waals surface area contributed by atoms with Crippen LogP contribution in [0.15, 0.2) is 51.6 Å². The lowest BCUT2D eigenvalue weighted by atomic mass is 10.3. The van der Waals surface area contributed by atoms with Gasteiger partial charge < -0.3 is 0 Å². The summed E-state index contributed by atoms with van der Waals surface area (Å²) in [6, 6.07) is 9.19. The second kappa shape index (κ2) is 8.41. The van der Waals surface area contributed by atoms with Crippen molar-refractivity contribution < 1.29 is 16.8 Å². The van der Waals surface area contributed by atoms with Crippen LogP contribution in [0.25, 0.3) is 0 Å². The number of nitrogens with zero attached hydrogens (tertiary/aromatic N) is 1. The lowest BCUT2D eigenvalue weighted by Crippen LogP contribution is -2.30. The molecule has 0 aliphatic heterocycles. The minimum absolute atomic E-state index is 0.0529. The average molecular weight is 403 g/mol. The van der Waals surface area contributed by atoms with Gasteiger partial charge in [0.05, 0.1) is 9.79 Å². The van der Waals surface area contributed by atoms with Crippen molar-refractivity contribution in [3.05, 3.63) is 46.7 Å². The fraction of sp³-hybridized carbons (Fsp3) is 0.375. The van der Waals surface area contributed by atoms with Gasteiger partial charge in [0.15, 0.2) is 0 Å². The second-order valence-corrected chi connectivity index (χ2v) is 10.0. The first-order chi connectivity index (χ1) is 11.8. The molecule has 0 saturated heterocycles. The maximum Gasteiger partial charge on any atom is 0.243 e. The Morgan fingerprint density at radius 3 is 2.08 bits per heavy atom. The zero-order valence-corrected chi connectivity index (χ0v) is 16.6. The number of hydrogen-bond donors (Lipinski definition) is 1. The van der Waals surface area contributed by atoms with Gasteiger partial charge in [0, 0.05) is 24.5 Å². The summed E-state index contributed by atoms with van der Waals surface area (Å²) in [6.07, 6.45) is 0.616. The Kier molecular flexibility index (Phi) is 6.75. The summed E-state index contributed by atoms with van der Waals surface area (Å²) in [4.78, 5) is 1.24. The second-order valence-electron chi connectivity index (χ2n) is 5.29. The lowest BCUT2D eigenvalue weighted by Gasteiger charge is -2.18. The summed E-state index contributed by atoms with van der Waals surface area (Å²) >= 11 is 1.57. The van der Waals surface area contributed by atoms with E-state index < -0.39 is 20.0 Å². The van der Waals surface area contributed by atoms with Crippen molar-refractivity contribution in [1.29, 1.82) is 0 Å². The third kappa shape index (κ3) is 4.89. The summed E-state index contributed by atoms with van der Waals surface area (Å²) in [6.45, 7) is 4.55. The van der Waals surface area contributed by atoms with Crippen LogP contribution in [0, 0.1) is 0 Å². The van der Waals surface area contributed by atoms with Gasteiger partial charge in [-0.1, -0.05) is 19.9 Å². The van der Waals surface area contributed by atoms with E-state index in [4.69, 9.17) is 0 Å². The average Bonchev–Trinajstić information content (AvgIpc) is 3.09. The molecule has 2 aromatic rings. The van der Waals surface area contributed by atoms with Gasteiger partial charge >= 0.3 is 0 Å². The van der Waals surface area contributed by atoms with Crippen molar-refractivity contribution in [2.45, 2.75) is 30.1 Å². The molecule has 25 heavy (non-hydrogen) atoms. The van der Waals surface area contributed by atoms with E-state index in [1.54, 1.807) is 25.2 Å². The molecule has 0 spiro atoms. The first-order valence-electron chi connectivity index (χ1n) is 7.93. The van der Waals surface area contributed by atoms with Gasteiger partial charge in [-0.05, 0) is 42.1 Å². The predicted molar refractivity (Wildman–Crippen MR) is 99.8 cm³/mol. The molecule has 138 valence electrons. The summed E-state index contributed by atoms with van der Waals surface area (Å²) in [5, 5.41) is 1.94. The summed E-state index contributed by atoms with van der Waals surface area (Å²) in [5.41, 5.74) is 0. The van der Waals surface area contributed by atoms with E-state index in [0.29, 0.717) is 26.1 Å². The first-order valence-corrected chi connectivity index (χ1v) is 11.7. The van der Waals surface area contributed by atoms with Crippen LogP contribution in [0.2, 0.25) is 0 Å². The topological polar surface area (TPSA) is 83.6 Å². The minimum atomic E-state index is -3.66. The van der Waals surface area contributed by atoms with Crippen LogP contribution in [0.3, 0.4) is 0 Å². The van der Waals surface area contributed by atoms with Crippen LogP contribution >= 0.6 is 11.3 Å². The van der Waals surface area contributed by atoms with E-state index in [1.807, 2.05) is 17.5 Å². The van der Waals surface area contributed by atoms with E-state index in [-0.39, 0.29) is 9.79 Å². The van der Waals surface area contributed by atoms with Crippen molar-refractivity contribution in [3.63, 3.8) is 0 Å². The predicted octanol–water partition coefficient (Wildman–Crippen LogP) is 2.30. The molecule has 0 unspecified atom stereocenters. The smallest absolute Gasteiger partial charge is 0.211 e. The maximum atomic E-state index is 12.4. The molecule has 0 fully saturated rings. The standard InChI is InChI=1S/C16H22N2O4S3/c1-3-18(4-2)25(21,22)16-9-7-15(8-10-16)24(19,20)17-12-11-14-6-5-13-23-14/h5-10,13,17H,3-4,11-12H2,1-2H3. The summed E-state index contributed by atoms with van der Waals surface area (Å²) in [5.74, 6) is 0. The molecule has 9 heteroatoms. The van der Waals surface area contributed by atoms with Crippen molar-refractivity contribution in [2.75, 3.05) is 19.6 Å². The SMILES string of the molecule is CCN(CC)S(=O)(=O)c1ccc(S(=O)(=O)NCCc2cccs2)cc1. The molecule has 0 atom stereocenters. The Morgan fingerprint density at radius 2 is 1.56 bits per heavy atom. The van der Waals surface area contributed by atoms with E-state index in [1.165, 1.54) is 28.6 Å². The first kappa shape index (κ1) is 20.1. The quantitative estimate of drug-likeness (QED) is 0.698. The van der Waals surface area contributed by atoms with Gasteiger partial charge in [-0.25, -0.2) is 21.6 Å². The maximum absolute atomic E-state index is 12.4. The number of thiophene rings is 1. The molecule has 6 nitrogen and oxygen atoms in total. The van der Waals surface area contributed by atoms with Crippen LogP contribution in [-0.2, 0) is 26.5 Å². The normalized spacial score (nSPS) is 12.6. The molecular formula is C16H22N2O4S3. The molecule has 0 amide bonds. The van der Waals surface area contributed by atoms with E-state index in [0.717, 1.165) is 4.88 Å². The third-order valence-corrected chi connectivity index (χ3v) is 8.20. The molecule has 1 heterocycles. The highest BCUT2D eigenvalue weighted by molar-refractivity contribution is 7.89. The van der Waals surface area contributed by atoms with Gasteiger partial charge in [-0.2, -0.15) is 4.31 Å². The number of sulfonamides is 2. The molecule has 0 radical (unpaired) electrons. The van der Waals surface area contributed by atoms with Gasteiger partial charge in [0.2, 0.25) is 20.0 Å². The number of rotatable bonds is 9. The summed E-state index contributed by atoms with van der Waals surface area (Å²) < 4.78 is 53.3. The zero-order chi connectivity index (χ0) is 18.5. The van der Waals surface area contributed by atoms with Crippen LogP contribution in [0.5, 0.6) is 0 Å². The fourth-order valence-corrected chi connectivity index (χ4v) is 5.55. The molecule has 0 saturated carbocycles. The lowest BCUT2D eigenvalue weighted by molar-refractivity contribution is 0.445. The number of hydrogen-bond acceptors (Lipinski definition) is 5. The van der Waals surface area contributed by atoms with Gasteiger partial charge in [0.25, 0.3) is 0 Å². The molecular weight excluding hydrogens is 380 g/mol. The Bertz CT molecular complexity index is 870. The Labute approximate surface area is 153 Å². The van der Waals surface area contributed by atoms with E-state index in [2.05, 4.69) is 4.72 Å². The van der Waals surface area contributed by atoms with Crippen molar-refractivity contribution in [1.82, 2.24) is 9.03 Å². The molecule has 0 bridgehead atoms. The largest absolute Gasteiger partial charge is 0.243 e. The highest BCUT2D eigenvalue weighted by atomic mass is 32.2. The van der Waals surface area contributed by atoms with Gasteiger partial charge in [0.1, 0.15) is 0 Å². The monoisotopic (exact) mass is 402 g/mol. The molecule has 1 aromatic heterocycles. The highest BCUT2D eigenvalue weighted by Crippen LogP contribution is 2.18. The van der Waals surface area contributed by atoms with E-state index in [9.17, 15) is 16.8 Å². The molecule has 0 aliphatic carbocycles. The Balaban J connectivity index is 2.10. The van der Waals surface area contributed by atoms with Crippen LogP contribution in [0.4, 0.5) is 0 Å². The molecule has 0 aliphatic rings. The highest BCUT2D eigenvalue weighted by Gasteiger charge is 2.22. The van der Waals surface area contributed by atoms with Crippen LogP contribution in [0.1, 0.15) is 18.7 Å². The zero-order valence-electron chi connectivity index (χ0n) is 14.2.